The van der Waals surface area contributed by atoms with Crippen LogP contribution in [0.3, 0.4) is 0 Å². The summed E-state index contributed by atoms with van der Waals surface area (Å²) in [6, 6.07) is 24.7. The van der Waals surface area contributed by atoms with Gasteiger partial charge in [0.1, 0.15) is 22.6 Å². The third-order valence-corrected chi connectivity index (χ3v) is 5.78. The van der Waals surface area contributed by atoms with E-state index in [0.29, 0.717) is 28.9 Å². The summed E-state index contributed by atoms with van der Waals surface area (Å²) >= 11 is 0. The predicted octanol–water partition coefficient (Wildman–Crippen LogP) is 5.05. The van der Waals surface area contributed by atoms with E-state index in [4.69, 9.17) is 20.4 Å². The number of nitrogens with zero attached hydrogens (tertiary/aromatic N) is 3. The minimum Gasteiger partial charge on any atom is -0.494 e. The number of anilines is 1. The summed E-state index contributed by atoms with van der Waals surface area (Å²) < 4.78 is 7.34. The fourth-order valence-electron chi connectivity index (χ4n) is 4.10. The molecule has 2 aromatic heterocycles. The maximum Gasteiger partial charge on any atom is 0.257 e. The van der Waals surface area contributed by atoms with Crippen molar-refractivity contribution in [2.75, 3.05) is 12.3 Å². The minimum atomic E-state index is -0.298. The average Bonchev–Trinajstić information content (AvgIpc) is 3.14. The highest BCUT2D eigenvalue weighted by molar-refractivity contribution is 6.11. The van der Waals surface area contributed by atoms with Crippen molar-refractivity contribution >= 4 is 33.9 Å². The first kappa shape index (κ1) is 21.5. The molecule has 0 radical (unpaired) electrons. The standard InChI is InChI=1S/C27H25N5O2/c1-3-34-20-15-13-19(14-16-20)32-25(28)23(27(33)29-17(2)18-9-5-4-6-10-18)24-26(32)31-22-12-8-7-11-21(22)30-24/h4-17H,3,28H2,1-2H3,(H,29,33)/t17-/m1/s1. The Morgan fingerprint density at radius 2 is 1.62 bits per heavy atom. The second-order valence-electron chi connectivity index (χ2n) is 8.01. The third-order valence-electron chi connectivity index (χ3n) is 5.78. The summed E-state index contributed by atoms with van der Waals surface area (Å²) in [6.07, 6.45) is 0. The van der Waals surface area contributed by atoms with E-state index in [1.807, 2.05) is 92.7 Å². The molecule has 3 aromatic carbocycles. The highest BCUT2D eigenvalue weighted by atomic mass is 16.5. The molecule has 3 N–H and O–H groups in total. The number of amides is 1. The molecule has 0 aliphatic carbocycles. The molecule has 7 nitrogen and oxygen atoms in total. The summed E-state index contributed by atoms with van der Waals surface area (Å²) in [4.78, 5) is 23.1. The SMILES string of the molecule is CCOc1ccc(-n2c(N)c(C(=O)N[C@H](C)c3ccccc3)c3nc4ccccc4nc32)cc1. The Labute approximate surface area is 197 Å². The molecule has 0 saturated heterocycles. The van der Waals surface area contributed by atoms with Gasteiger partial charge in [0.05, 0.1) is 23.7 Å². The molecule has 0 aliphatic rings. The lowest BCUT2D eigenvalue weighted by atomic mass is 10.1. The number of carbonyl (C=O) groups excluding carboxylic acids is 1. The molecule has 0 unspecified atom stereocenters. The summed E-state index contributed by atoms with van der Waals surface area (Å²) in [5.74, 6) is 0.743. The molecule has 2 heterocycles. The Bertz CT molecular complexity index is 1480. The minimum absolute atomic E-state index is 0.203. The molecule has 5 rings (SSSR count). The van der Waals surface area contributed by atoms with Crippen LogP contribution in [0.1, 0.15) is 35.8 Å². The molecule has 0 saturated carbocycles. The van der Waals surface area contributed by atoms with Crippen LogP contribution in [-0.2, 0) is 0 Å². The van der Waals surface area contributed by atoms with Crippen LogP contribution in [0.2, 0.25) is 0 Å². The molecular formula is C27H25N5O2. The van der Waals surface area contributed by atoms with Gasteiger partial charge in [-0.2, -0.15) is 0 Å². The van der Waals surface area contributed by atoms with Gasteiger partial charge in [-0.15, -0.1) is 0 Å². The van der Waals surface area contributed by atoms with Gasteiger partial charge in [0, 0.05) is 5.69 Å². The lowest BCUT2D eigenvalue weighted by Crippen LogP contribution is -2.27. The molecule has 0 bridgehead atoms. The number of aromatic nitrogens is 3. The number of ether oxygens (including phenoxy) is 1. The number of fused-ring (bicyclic) bond motifs is 2. The topological polar surface area (TPSA) is 95.1 Å². The van der Waals surface area contributed by atoms with Crippen LogP contribution in [0, 0.1) is 0 Å². The Balaban J connectivity index is 1.65. The molecule has 34 heavy (non-hydrogen) atoms. The lowest BCUT2D eigenvalue weighted by Gasteiger charge is -2.14. The van der Waals surface area contributed by atoms with Crippen LogP contribution in [0.4, 0.5) is 5.82 Å². The van der Waals surface area contributed by atoms with E-state index in [1.165, 1.54) is 0 Å². The molecule has 0 spiro atoms. The van der Waals surface area contributed by atoms with E-state index in [2.05, 4.69) is 5.32 Å². The summed E-state index contributed by atoms with van der Waals surface area (Å²) in [7, 11) is 0. The van der Waals surface area contributed by atoms with Gasteiger partial charge in [-0.25, -0.2) is 9.97 Å². The van der Waals surface area contributed by atoms with Crippen molar-refractivity contribution in [3.63, 3.8) is 0 Å². The molecule has 0 aliphatic heterocycles. The van der Waals surface area contributed by atoms with Gasteiger partial charge < -0.3 is 15.8 Å². The number of hydrogen-bond acceptors (Lipinski definition) is 5. The quantitative estimate of drug-likeness (QED) is 0.377. The third kappa shape index (κ3) is 3.81. The number of nitrogen functional groups attached to an aromatic ring is 1. The first-order valence-electron chi connectivity index (χ1n) is 11.2. The Morgan fingerprint density at radius 1 is 0.971 bits per heavy atom. The van der Waals surface area contributed by atoms with Gasteiger partial charge in [-0.1, -0.05) is 42.5 Å². The van der Waals surface area contributed by atoms with Crippen molar-refractivity contribution in [3.05, 3.63) is 90.0 Å². The van der Waals surface area contributed by atoms with Crippen LogP contribution in [0.15, 0.2) is 78.9 Å². The number of hydrogen-bond donors (Lipinski definition) is 2. The van der Waals surface area contributed by atoms with Crippen molar-refractivity contribution in [1.82, 2.24) is 19.9 Å². The lowest BCUT2D eigenvalue weighted by molar-refractivity contribution is 0.0942. The van der Waals surface area contributed by atoms with E-state index in [1.54, 1.807) is 4.57 Å². The first-order valence-corrected chi connectivity index (χ1v) is 11.2. The number of nitrogens with one attached hydrogen (secondary N) is 1. The molecular weight excluding hydrogens is 426 g/mol. The maximum absolute atomic E-state index is 13.5. The number of nitrogens with two attached hydrogens (primary N) is 1. The van der Waals surface area contributed by atoms with E-state index in [9.17, 15) is 4.79 Å². The highest BCUT2D eigenvalue weighted by Gasteiger charge is 2.26. The number of benzene rings is 3. The molecule has 170 valence electrons. The number of rotatable bonds is 6. The smallest absolute Gasteiger partial charge is 0.257 e. The van der Waals surface area contributed by atoms with Crippen LogP contribution in [0.25, 0.3) is 27.9 Å². The molecule has 0 fully saturated rings. The van der Waals surface area contributed by atoms with E-state index in [0.717, 1.165) is 22.5 Å². The Morgan fingerprint density at radius 3 is 2.29 bits per heavy atom. The zero-order chi connectivity index (χ0) is 23.7. The van der Waals surface area contributed by atoms with Gasteiger partial charge >= 0.3 is 0 Å². The van der Waals surface area contributed by atoms with E-state index in [-0.39, 0.29) is 17.8 Å². The molecule has 1 atom stereocenters. The van der Waals surface area contributed by atoms with Crippen molar-refractivity contribution < 1.29 is 9.53 Å². The predicted molar refractivity (Wildman–Crippen MR) is 134 cm³/mol. The zero-order valence-electron chi connectivity index (χ0n) is 19.0. The largest absolute Gasteiger partial charge is 0.494 e. The van der Waals surface area contributed by atoms with Crippen molar-refractivity contribution in [2.45, 2.75) is 19.9 Å². The fraction of sp³-hybridized carbons (Fsp3) is 0.148. The van der Waals surface area contributed by atoms with Crippen molar-refractivity contribution in [3.8, 4) is 11.4 Å². The van der Waals surface area contributed by atoms with E-state index >= 15 is 0 Å². The maximum atomic E-state index is 13.5. The summed E-state index contributed by atoms with van der Waals surface area (Å²) in [6.45, 7) is 4.46. The number of carbonyl (C=O) groups is 1. The second kappa shape index (κ2) is 8.86. The monoisotopic (exact) mass is 451 g/mol. The van der Waals surface area contributed by atoms with Gasteiger partial charge in [0.25, 0.3) is 5.91 Å². The fourth-order valence-corrected chi connectivity index (χ4v) is 4.10. The van der Waals surface area contributed by atoms with Gasteiger partial charge in [0.2, 0.25) is 0 Å². The molecule has 1 amide bonds. The molecule has 7 heteroatoms. The Hall–Kier alpha value is -4.39. The van der Waals surface area contributed by atoms with Gasteiger partial charge in [-0.05, 0) is 55.8 Å². The van der Waals surface area contributed by atoms with Crippen LogP contribution >= 0.6 is 0 Å². The summed E-state index contributed by atoms with van der Waals surface area (Å²) in [5.41, 5.74) is 11.1. The highest BCUT2D eigenvalue weighted by Crippen LogP contribution is 2.32. The first-order chi connectivity index (χ1) is 16.6. The van der Waals surface area contributed by atoms with Crippen molar-refractivity contribution in [2.24, 2.45) is 0 Å². The average molecular weight is 452 g/mol. The number of para-hydroxylation sites is 2. The van der Waals surface area contributed by atoms with Crippen LogP contribution in [0.5, 0.6) is 5.75 Å². The second-order valence-corrected chi connectivity index (χ2v) is 8.01. The van der Waals surface area contributed by atoms with Gasteiger partial charge in [0.15, 0.2) is 5.65 Å². The van der Waals surface area contributed by atoms with Gasteiger partial charge in [-0.3, -0.25) is 9.36 Å². The van der Waals surface area contributed by atoms with Crippen molar-refractivity contribution in [1.29, 1.82) is 0 Å². The molecule has 5 aromatic rings. The normalized spacial score (nSPS) is 12.1. The Kier molecular flexibility index (Phi) is 5.59. The summed E-state index contributed by atoms with van der Waals surface area (Å²) in [5, 5.41) is 3.06. The zero-order valence-corrected chi connectivity index (χ0v) is 19.0. The van der Waals surface area contributed by atoms with E-state index < -0.39 is 0 Å². The van der Waals surface area contributed by atoms with Crippen LogP contribution in [-0.4, -0.2) is 27.0 Å². The van der Waals surface area contributed by atoms with Crippen LogP contribution < -0.4 is 15.8 Å².